The van der Waals surface area contributed by atoms with E-state index in [2.05, 4.69) is 0 Å². The Hall–Kier alpha value is -0.875. The molecule has 0 bridgehead atoms. The number of aliphatic hydroxyl groups excluding tert-OH is 1. The van der Waals surface area contributed by atoms with E-state index in [0.29, 0.717) is 0 Å². The average molecular weight is 173 g/mol. The van der Waals surface area contributed by atoms with Crippen LogP contribution >= 0.6 is 0 Å². The number of carboxylic acid groups (broad SMARTS) is 1. The molecule has 3 N–H and O–H groups in total. The molecular formula is C6H10BO5. The molecular weight excluding hydrogens is 163 g/mol. The summed E-state index contributed by atoms with van der Waals surface area (Å²) < 4.78 is 0. The number of rotatable bonds is 3. The second kappa shape index (κ2) is 4.23. The van der Waals surface area contributed by atoms with Gasteiger partial charge in [-0.3, -0.25) is 4.79 Å². The lowest BCUT2D eigenvalue weighted by atomic mass is 9.98. The Balaban J connectivity index is 0. The molecule has 0 spiro atoms. The van der Waals surface area contributed by atoms with Gasteiger partial charge in [0, 0.05) is 8.41 Å². The van der Waals surface area contributed by atoms with Crippen molar-refractivity contribution in [1.82, 2.24) is 0 Å². The predicted molar refractivity (Wildman–Crippen MR) is 40.7 cm³/mol. The number of hydrogen-bond acceptors (Lipinski definition) is 4. The monoisotopic (exact) mass is 173 g/mol. The van der Waals surface area contributed by atoms with Crippen LogP contribution in [0.2, 0.25) is 0 Å². The van der Waals surface area contributed by atoms with Gasteiger partial charge in [0.2, 0.25) is 11.4 Å². The molecule has 0 saturated carbocycles. The molecule has 67 valence electrons. The van der Waals surface area contributed by atoms with Gasteiger partial charge in [-0.25, -0.2) is 4.79 Å². The van der Waals surface area contributed by atoms with Crippen LogP contribution in [0.1, 0.15) is 13.8 Å². The molecule has 3 radical (unpaired) electrons. The number of Topliss-reactive ketones (excluding diaryl/α,β-unsaturated/α-hetero) is 1. The van der Waals surface area contributed by atoms with E-state index in [0.717, 1.165) is 13.8 Å². The number of aliphatic carboxylic acids is 1. The number of carboxylic acids is 1. The fourth-order valence-corrected chi connectivity index (χ4v) is 0.512. The van der Waals surface area contributed by atoms with Gasteiger partial charge >= 0.3 is 5.97 Å². The van der Waals surface area contributed by atoms with Crippen LogP contribution in [0.15, 0.2) is 0 Å². The van der Waals surface area contributed by atoms with Crippen molar-refractivity contribution in [2.24, 2.45) is 0 Å². The molecule has 2 unspecified atom stereocenters. The first-order chi connectivity index (χ1) is 4.80. The Morgan fingerprint density at radius 2 is 1.75 bits per heavy atom. The first kappa shape index (κ1) is 13.7. The molecule has 0 aliphatic rings. The molecule has 5 nitrogen and oxygen atoms in total. The van der Waals surface area contributed by atoms with Crippen molar-refractivity contribution in [3.8, 4) is 0 Å². The van der Waals surface area contributed by atoms with E-state index in [1.807, 2.05) is 0 Å². The lowest BCUT2D eigenvalue weighted by Crippen LogP contribution is -2.48. The molecule has 2 atom stereocenters. The van der Waals surface area contributed by atoms with E-state index in [4.69, 9.17) is 15.3 Å². The molecule has 0 aromatic carbocycles. The minimum absolute atomic E-state index is 0. The number of hydrogen-bond donors (Lipinski definition) is 3. The standard InChI is InChI=1S/C6H10O5.B/c1-3(7)4(8)6(2,11)5(9)10;/h3,7,11H,1-2H3,(H,9,10);. The first-order valence-electron chi connectivity index (χ1n) is 2.98. The minimum Gasteiger partial charge on any atom is -0.479 e. The summed E-state index contributed by atoms with van der Waals surface area (Å²) in [5.74, 6) is -2.78. The second-order valence-electron chi connectivity index (χ2n) is 2.42. The fraction of sp³-hybridized carbons (Fsp3) is 0.667. The summed E-state index contributed by atoms with van der Waals surface area (Å²) in [5.41, 5.74) is -2.49. The highest BCUT2D eigenvalue weighted by Crippen LogP contribution is 2.07. The van der Waals surface area contributed by atoms with Gasteiger partial charge in [0.15, 0.2) is 0 Å². The van der Waals surface area contributed by atoms with Crippen molar-refractivity contribution in [3.05, 3.63) is 0 Å². The molecule has 0 aromatic rings. The molecule has 0 saturated heterocycles. The summed E-state index contributed by atoms with van der Waals surface area (Å²) in [4.78, 5) is 20.9. The second-order valence-corrected chi connectivity index (χ2v) is 2.42. The zero-order valence-electron chi connectivity index (χ0n) is 6.81. The Labute approximate surface area is 71.6 Å². The normalized spacial score (nSPS) is 17.0. The summed E-state index contributed by atoms with van der Waals surface area (Å²) in [6.45, 7) is 1.92. The van der Waals surface area contributed by atoms with Gasteiger partial charge in [-0.1, -0.05) is 0 Å². The smallest absolute Gasteiger partial charge is 0.343 e. The molecule has 0 aromatic heterocycles. The molecule has 0 aliphatic carbocycles. The van der Waals surface area contributed by atoms with Crippen molar-refractivity contribution in [1.29, 1.82) is 0 Å². The molecule has 0 amide bonds. The molecule has 0 fully saturated rings. The lowest BCUT2D eigenvalue weighted by Gasteiger charge is -2.17. The van der Waals surface area contributed by atoms with Gasteiger partial charge in [0.1, 0.15) is 6.10 Å². The summed E-state index contributed by atoms with van der Waals surface area (Å²) >= 11 is 0. The van der Waals surface area contributed by atoms with Crippen LogP contribution in [-0.4, -0.2) is 47.2 Å². The Morgan fingerprint density at radius 1 is 1.42 bits per heavy atom. The molecule has 0 heterocycles. The number of ketones is 1. The third kappa shape index (κ3) is 2.63. The van der Waals surface area contributed by atoms with Gasteiger partial charge in [-0.05, 0) is 13.8 Å². The maximum atomic E-state index is 10.7. The van der Waals surface area contributed by atoms with Gasteiger partial charge in [0.05, 0.1) is 0 Å². The predicted octanol–water partition coefficient (Wildman–Crippen LogP) is -1.61. The van der Waals surface area contributed by atoms with Crippen LogP contribution < -0.4 is 0 Å². The summed E-state index contributed by atoms with van der Waals surface area (Å²) in [6, 6.07) is 0. The number of carbonyl (C=O) groups excluding carboxylic acids is 1. The quantitative estimate of drug-likeness (QED) is 0.352. The van der Waals surface area contributed by atoms with Crippen LogP contribution in [0, 0.1) is 0 Å². The highest BCUT2D eigenvalue weighted by molar-refractivity contribution is 6.07. The largest absolute Gasteiger partial charge is 0.479 e. The zero-order chi connectivity index (χ0) is 9.23. The fourth-order valence-electron chi connectivity index (χ4n) is 0.512. The van der Waals surface area contributed by atoms with Crippen molar-refractivity contribution < 1.29 is 24.9 Å². The highest BCUT2D eigenvalue weighted by atomic mass is 16.4. The molecule has 0 aliphatic heterocycles. The molecule has 6 heteroatoms. The van der Waals surface area contributed by atoms with Gasteiger partial charge < -0.3 is 15.3 Å². The Kier molecular flexibility index (Phi) is 4.82. The summed E-state index contributed by atoms with van der Waals surface area (Å²) in [5, 5.41) is 25.8. The summed E-state index contributed by atoms with van der Waals surface area (Å²) in [6.07, 6.45) is -1.47. The van der Waals surface area contributed by atoms with Gasteiger partial charge in [-0.15, -0.1) is 0 Å². The van der Waals surface area contributed by atoms with Crippen LogP contribution in [0.5, 0.6) is 0 Å². The third-order valence-electron chi connectivity index (χ3n) is 1.28. The Bertz CT molecular complexity index is 186. The van der Waals surface area contributed by atoms with Crippen molar-refractivity contribution in [3.63, 3.8) is 0 Å². The SMILES string of the molecule is CC(O)C(=O)C(C)(O)C(=O)O.[B]. The van der Waals surface area contributed by atoms with Crippen LogP contribution in [0.3, 0.4) is 0 Å². The van der Waals surface area contributed by atoms with Crippen molar-refractivity contribution >= 4 is 20.2 Å². The van der Waals surface area contributed by atoms with E-state index in [-0.39, 0.29) is 8.41 Å². The average Bonchev–Trinajstić information content (AvgIpc) is 1.85. The van der Waals surface area contributed by atoms with Gasteiger partial charge in [-0.2, -0.15) is 0 Å². The third-order valence-corrected chi connectivity index (χ3v) is 1.28. The van der Waals surface area contributed by atoms with E-state index >= 15 is 0 Å². The van der Waals surface area contributed by atoms with E-state index in [1.165, 1.54) is 0 Å². The first-order valence-corrected chi connectivity index (χ1v) is 2.98. The van der Waals surface area contributed by atoms with Crippen molar-refractivity contribution in [2.45, 2.75) is 25.6 Å². The van der Waals surface area contributed by atoms with E-state index in [9.17, 15) is 9.59 Å². The molecule has 0 rings (SSSR count). The molecule has 12 heavy (non-hydrogen) atoms. The van der Waals surface area contributed by atoms with Crippen LogP contribution in [-0.2, 0) is 9.59 Å². The van der Waals surface area contributed by atoms with Gasteiger partial charge in [0.25, 0.3) is 0 Å². The van der Waals surface area contributed by atoms with Crippen LogP contribution in [0.25, 0.3) is 0 Å². The maximum Gasteiger partial charge on any atom is 0.343 e. The maximum absolute atomic E-state index is 10.7. The van der Waals surface area contributed by atoms with E-state index < -0.39 is 23.5 Å². The van der Waals surface area contributed by atoms with E-state index in [1.54, 1.807) is 0 Å². The number of aliphatic hydroxyl groups is 2. The number of carbonyl (C=O) groups is 2. The summed E-state index contributed by atoms with van der Waals surface area (Å²) in [7, 11) is 0. The Morgan fingerprint density at radius 3 is 1.83 bits per heavy atom. The van der Waals surface area contributed by atoms with Crippen LogP contribution in [0.4, 0.5) is 0 Å². The minimum atomic E-state index is -2.49. The topological polar surface area (TPSA) is 94.8 Å². The zero-order valence-corrected chi connectivity index (χ0v) is 6.81. The van der Waals surface area contributed by atoms with Crippen molar-refractivity contribution in [2.75, 3.05) is 0 Å². The lowest BCUT2D eigenvalue weighted by molar-refractivity contribution is -0.166. The highest BCUT2D eigenvalue weighted by Gasteiger charge is 2.40.